The van der Waals surface area contributed by atoms with Crippen molar-refractivity contribution in [2.24, 2.45) is 11.5 Å². The second-order valence-corrected chi connectivity index (χ2v) is 10.7. The van der Waals surface area contributed by atoms with Crippen molar-refractivity contribution in [3.63, 3.8) is 0 Å². The molecule has 0 rings (SSSR count). The molecule has 0 heterocycles. The molecular formula is C31H62N6O8. The fourth-order valence-electron chi connectivity index (χ4n) is 4.03. The predicted octanol–water partition coefficient (Wildman–Crippen LogP) is 0.505. The highest BCUT2D eigenvalue weighted by molar-refractivity contribution is 5.87. The zero-order valence-electron chi connectivity index (χ0n) is 27.7. The van der Waals surface area contributed by atoms with Crippen molar-refractivity contribution in [2.75, 3.05) is 85.6 Å². The summed E-state index contributed by atoms with van der Waals surface area (Å²) in [7, 11) is 0. The van der Waals surface area contributed by atoms with Crippen LogP contribution in [0.3, 0.4) is 0 Å². The van der Waals surface area contributed by atoms with Crippen LogP contribution in [0.2, 0.25) is 0 Å². The molecule has 1 unspecified atom stereocenters. The van der Waals surface area contributed by atoms with Gasteiger partial charge in [-0.05, 0) is 70.9 Å². The zero-order chi connectivity index (χ0) is 33.2. The van der Waals surface area contributed by atoms with E-state index in [1.807, 2.05) is 0 Å². The molecule has 264 valence electrons. The summed E-state index contributed by atoms with van der Waals surface area (Å²) in [6, 6.07) is -0.709. The van der Waals surface area contributed by atoms with E-state index in [1.54, 1.807) is 0 Å². The lowest BCUT2D eigenvalue weighted by Gasteiger charge is -2.19. The van der Waals surface area contributed by atoms with Gasteiger partial charge in [-0.25, -0.2) is 0 Å². The Morgan fingerprint density at radius 3 is 1.56 bits per heavy atom. The van der Waals surface area contributed by atoms with Gasteiger partial charge in [0.05, 0.1) is 46.2 Å². The van der Waals surface area contributed by atoms with E-state index in [0.717, 1.165) is 38.7 Å². The molecule has 0 radical (unpaired) electrons. The van der Waals surface area contributed by atoms with Crippen LogP contribution in [0, 0.1) is 0 Å². The lowest BCUT2D eigenvalue weighted by Crippen LogP contribution is -2.47. The molecule has 14 heteroatoms. The molecule has 0 fully saturated rings. The summed E-state index contributed by atoms with van der Waals surface area (Å²) in [4.78, 5) is 49.2. The molecule has 0 aliphatic rings. The molecule has 8 N–H and O–H groups in total. The highest BCUT2D eigenvalue weighted by atomic mass is 16.6. The number of hydrogen-bond donors (Lipinski definition) is 6. The normalized spacial score (nSPS) is 11.6. The predicted molar refractivity (Wildman–Crippen MR) is 173 cm³/mol. The van der Waals surface area contributed by atoms with Gasteiger partial charge in [0, 0.05) is 45.5 Å². The van der Waals surface area contributed by atoms with E-state index < -0.39 is 6.04 Å². The maximum atomic E-state index is 12.9. The first kappa shape index (κ1) is 42.6. The summed E-state index contributed by atoms with van der Waals surface area (Å²) in [5.74, 6) is -0.614. The molecule has 0 spiro atoms. The molecule has 0 aromatic heterocycles. The van der Waals surface area contributed by atoms with Crippen LogP contribution in [0.25, 0.3) is 0 Å². The van der Waals surface area contributed by atoms with Gasteiger partial charge in [-0.3, -0.25) is 19.2 Å². The number of ether oxygens (including phenoxy) is 4. The lowest BCUT2D eigenvalue weighted by molar-refractivity contribution is -0.129. The number of unbranched alkanes of at least 4 members (excludes halogenated alkanes) is 3. The number of carbonyl (C=O) groups excluding carboxylic acids is 4. The summed E-state index contributed by atoms with van der Waals surface area (Å²) in [6.07, 6.45) is 7.37. The second kappa shape index (κ2) is 33.0. The fraction of sp³-hybridized carbons (Fsp3) is 0.871. The van der Waals surface area contributed by atoms with Crippen LogP contribution in [0.1, 0.15) is 84.0 Å². The van der Waals surface area contributed by atoms with Gasteiger partial charge in [0.1, 0.15) is 6.04 Å². The Hall–Kier alpha value is -2.36. The van der Waals surface area contributed by atoms with Crippen LogP contribution in [0.4, 0.5) is 0 Å². The summed E-state index contributed by atoms with van der Waals surface area (Å²) in [5.41, 5.74) is 10.9. The molecule has 1 atom stereocenters. The maximum absolute atomic E-state index is 12.9. The first-order valence-electron chi connectivity index (χ1n) is 16.8. The number of nitrogens with two attached hydrogens (primary N) is 2. The number of amides is 4. The van der Waals surface area contributed by atoms with Crippen LogP contribution < -0.4 is 32.7 Å². The van der Waals surface area contributed by atoms with E-state index in [0.29, 0.717) is 117 Å². The molecular weight excluding hydrogens is 584 g/mol. The Morgan fingerprint density at radius 2 is 1.02 bits per heavy atom. The fourth-order valence-corrected chi connectivity index (χ4v) is 4.03. The van der Waals surface area contributed by atoms with Crippen molar-refractivity contribution in [3.05, 3.63) is 0 Å². The van der Waals surface area contributed by atoms with Crippen molar-refractivity contribution < 1.29 is 38.1 Å². The van der Waals surface area contributed by atoms with Gasteiger partial charge < -0.3 is 51.7 Å². The molecule has 0 saturated carbocycles. The largest absolute Gasteiger partial charge is 0.379 e. The standard InChI is InChI=1S/C31H62N6O8/c1-2-19-42-21-23-44-25-26-45-24-22-43-20-18-36-31(41)27(10-5-8-16-34-28(38)11-3-6-14-32)37-30(40)13-9-17-35-29(39)12-4-7-15-33/h27H,2-26,32-33H2,1H3,(H,34,38)(H,35,39)(H,36,41)(H,37,40). The summed E-state index contributed by atoms with van der Waals surface area (Å²) in [5, 5.41) is 11.3. The number of hydrogen-bond acceptors (Lipinski definition) is 10. The maximum Gasteiger partial charge on any atom is 0.242 e. The van der Waals surface area contributed by atoms with Gasteiger partial charge in [-0.1, -0.05) is 6.92 Å². The first-order chi connectivity index (χ1) is 21.9. The third kappa shape index (κ3) is 30.1. The molecule has 4 amide bonds. The monoisotopic (exact) mass is 646 g/mol. The summed E-state index contributed by atoms with van der Waals surface area (Å²) >= 11 is 0. The SMILES string of the molecule is CCCOCCOCCOCCOCCNC(=O)C(CCCCNC(=O)CCCCN)NC(=O)CCCNC(=O)CCCCN. The van der Waals surface area contributed by atoms with E-state index in [9.17, 15) is 19.2 Å². The van der Waals surface area contributed by atoms with Crippen molar-refractivity contribution in [1.82, 2.24) is 21.3 Å². The minimum absolute atomic E-state index is 0.0100. The molecule has 0 saturated heterocycles. The molecule has 0 bridgehead atoms. The zero-order valence-corrected chi connectivity index (χ0v) is 27.7. The quantitative estimate of drug-likeness (QED) is 0.0545. The Balaban J connectivity index is 4.33. The average Bonchev–Trinajstić information content (AvgIpc) is 3.02. The van der Waals surface area contributed by atoms with Crippen molar-refractivity contribution in [2.45, 2.75) is 90.0 Å². The highest BCUT2D eigenvalue weighted by Crippen LogP contribution is 2.03. The van der Waals surface area contributed by atoms with Crippen molar-refractivity contribution in [1.29, 1.82) is 0 Å². The minimum atomic E-state index is -0.709. The average molecular weight is 647 g/mol. The van der Waals surface area contributed by atoms with Gasteiger partial charge in [0.25, 0.3) is 0 Å². The van der Waals surface area contributed by atoms with Crippen LogP contribution in [0.5, 0.6) is 0 Å². The smallest absolute Gasteiger partial charge is 0.242 e. The van der Waals surface area contributed by atoms with Crippen molar-refractivity contribution in [3.8, 4) is 0 Å². The van der Waals surface area contributed by atoms with E-state index in [2.05, 4.69) is 28.2 Å². The van der Waals surface area contributed by atoms with Gasteiger partial charge in [0.15, 0.2) is 0 Å². The van der Waals surface area contributed by atoms with E-state index >= 15 is 0 Å². The third-order valence-corrected chi connectivity index (χ3v) is 6.52. The van der Waals surface area contributed by atoms with E-state index in [1.165, 1.54) is 0 Å². The van der Waals surface area contributed by atoms with Crippen LogP contribution in [0.15, 0.2) is 0 Å². The topological polar surface area (TPSA) is 205 Å². The van der Waals surface area contributed by atoms with Gasteiger partial charge in [0.2, 0.25) is 23.6 Å². The Morgan fingerprint density at radius 1 is 0.533 bits per heavy atom. The molecule has 0 aromatic carbocycles. The molecule has 0 aliphatic carbocycles. The summed E-state index contributed by atoms with van der Waals surface area (Å²) < 4.78 is 21.7. The lowest BCUT2D eigenvalue weighted by atomic mass is 10.1. The van der Waals surface area contributed by atoms with Crippen molar-refractivity contribution >= 4 is 23.6 Å². The molecule has 0 aromatic rings. The summed E-state index contributed by atoms with van der Waals surface area (Å²) in [6.45, 7) is 8.30. The van der Waals surface area contributed by atoms with Gasteiger partial charge >= 0.3 is 0 Å². The molecule has 14 nitrogen and oxygen atoms in total. The van der Waals surface area contributed by atoms with Gasteiger partial charge in [-0.2, -0.15) is 0 Å². The third-order valence-electron chi connectivity index (χ3n) is 6.52. The minimum Gasteiger partial charge on any atom is -0.379 e. The van der Waals surface area contributed by atoms with Crippen LogP contribution >= 0.6 is 0 Å². The number of carbonyl (C=O) groups is 4. The molecule has 45 heavy (non-hydrogen) atoms. The van der Waals surface area contributed by atoms with E-state index in [-0.39, 0.29) is 30.0 Å². The number of nitrogens with one attached hydrogen (secondary N) is 4. The Labute approximate surface area is 270 Å². The number of rotatable bonds is 33. The Bertz CT molecular complexity index is 747. The molecule has 0 aliphatic heterocycles. The van der Waals surface area contributed by atoms with E-state index in [4.69, 9.17) is 30.4 Å². The van der Waals surface area contributed by atoms with Crippen LogP contribution in [-0.4, -0.2) is 115 Å². The van der Waals surface area contributed by atoms with Gasteiger partial charge in [-0.15, -0.1) is 0 Å². The Kier molecular flexibility index (Phi) is 31.3. The van der Waals surface area contributed by atoms with Crippen LogP contribution in [-0.2, 0) is 38.1 Å². The first-order valence-corrected chi connectivity index (χ1v) is 16.8. The second-order valence-electron chi connectivity index (χ2n) is 10.7. The highest BCUT2D eigenvalue weighted by Gasteiger charge is 2.20.